The Morgan fingerprint density at radius 2 is 1.72 bits per heavy atom. The van der Waals surface area contributed by atoms with Gasteiger partial charge in [-0.2, -0.15) is 13.2 Å². The fraction of sp³-hybridized carbons (Fsp3) is 0.417. The van der Waals surface area contributed by atoms with Crippen molar-refractivity contribution in [1.82, 2.24) is 0 Å². The number of rotatable bonds is 3. The molecule has 0 fully saturated rings. The lowest BCUT2D eigenvalue weighted by atomic mass is 9.87. The number of hydrogen-bond acceptors (Lipinski definition) is 2. The van der Waals surface area contributed by atoms with Gasteiger partial charge in [0.05, 0.1) is 18.9 Å². The highest BCUT2D eigenvalue weighted by Gasteiger charge is 2.45. The van der Waals surface area contributed by atoms with Crippen molar-refractivity contribution >= 4 is 5.97 Å². The second-order valence-electron chi connectivity index (χ2n) is 3.88. The summed E-state index contributed by atoms with van der Waals surface area (Å²) in [7, 11) is 1.02. The number of methoxy groups -OCH3 is 1. The first-order valence-electron chi connectivity index (χ1n) is 5.17. The van der Waals surface area contributed by atoms with Gasteiger partial charge in [0.15, 0.2) is 0 Å². The summed E-state index contributed by atoms with van der Waals surface area (Å²) < 4.78 is 55.1. The summed E-state index contributed by atoms with van der Waals surface area (Å²) in [5, 5.41) is 0. The van der Waals surface area contributed by atoms with Gasteiger partial charge in [0, 0.05) is 0 Å². The molecule has 0 amide bonds. The highest BCUT2D eigenvalue weighted by atomic mass is 19.4. The summed E-state index contributed by atoms with van der Waals surface area (Å²) in [4.78, 5) is 11.5. The van der Waals surface area contributed by atoms with E-state index in [-0.39, 0.29) is 5.56 Å². The van der Waals surface area contributed by atoms with E-state index in [1.54, 1.807) is 0 Å². The highest BCUT2D eigenvalue weighted by Crippen LogP contribution is 2.38. The van der Waals surface area contributed by atoms with Crippen molar-refractivity contribution in [2.75, 3.05) is 7.11 Å². The molecule has 0 saturated heterocycles. The minimum Gasteiger partial charge on any atom is -0.469 e. The van der Waals surface area contributed by atoms with Crippen LogP contribution in [-0.4, -0.2) is 19.3 Å². The Labute approximate surface area is 102 Å². The van der Waals surface area contributed by atoms with Crippen molar-refractivity contribution in [2.24, 2.45) is 5.92 Å². The van der Waals surface area contributed by atoms with Gasteiger partial charge in [-0.3, -0.25) is 4.79 Å². The molecule has 0 heterocycles. The monoisotopic (exact) mass is 264 g/mol. The molecule has 0 aromatic heterocycles. The molecule has 2 nitrogen and oxygen atoms in total. The van der Waals surface area contributed by atoms with Crippen molar-refractivity contribution < 1.29 is 27.1 Å². The standard InChI is InChI=1S/C12H12F4O2/c1-7(12(14,15)16)10(11(17)18-2)8-3-5-9(13)6-4-8/h3-7,10H,1-2H3. The number of benzene rings is 1. The van der Waals surface area contributed by atoms with Crippen LogP contribution in [0.5, 0.6) is 0 Å². The van der Waals surface area contributed by atoms with Gasteiger partial charge in [-0.05, 0) is 17.7 Å². The molecule has 0 aliphatic rings. The molecule has 0 N–H and O–H groups in total. The molecule has 0 saturated carbocycles. The number of alkyl halides is 3. The van der Waals surface area contributed by atoms with E-state index in [1.165, 1.54) is 0 Å². The normalized spacial score (nSPS) is 15.0. The van der Waals surface area contributed by atoms with Crippen LogP contribution in [0.1, 0.15) is 18.4 Å². The van der Waals surface area contributed by atoms with Crippen molar-refractivity contribution in [1.29, 1.82) is 0 Å². The summed E-state index contributed by atoms with van der Waals surface area (Å²) in [6, 6.07) is 4.32. The van der Waals surface area contributed by atoms with E-state index in [1.807, 2.05) is 0 Å². The zero-order valence-corrected chi connectivity index (χ0v) is 9.79. The van der Waals surface area contributed by atoms with E-state index in [9.17, 15) is 22.4 Å². The van der Waals surface area contributed by atoms with Gasteiger partial charge in [-0.15, -0.1) is 0 Å². The lowest BCUT2D eigenvalue weighted by Gasteiger charge is -2.24. The Bertz CT molecular complexity index is 411. The second-order valence-corrected chi connectivity index (χ2v) is 3.88. The quantitative estimate of drug-likeness (QED) is 0.618. The van der Waals surface area contributed by atoms with E-state index < -0.39 is 29.8 Å². The summed E-state index contributed by atoms with van der Waals surface area (Å²) in [6.07, 6.45) is -4.53. The van der Waals surface area contributed by atoms with E-state index in [2.05, 4.69) is 4.74 Å². The summed E-state index contributed by atoms with van der Waals surface area (Å²) >= 11 is 0. The first-order chi connectivity index (χ1) is 8.27. The Balaban J connectivity index is 3.14. The lowest BCUT2D eigenvalue weighted by Crippen LogP contribution is -2.31. The average Bonchev–Trinajstić information content (AvgIpc) is 2.30. The van der Waals surface area contributed by atoms with Crippen LogP contribution < -0.4 is 0 Å². The van der Waals surface area contributed by atoms with Gasteiger partial charge in [-0.1, -0.05) is 19.1 Å². The van der Waals surface area contributed by atoms with E-state index in [0.717, 1.165) is 38.3 Å². The molecular formula is C12H12F4O2. The largest absolute Gasteiger partial charge is 0.469 e. The zero-order chi connectivity index (χ0) is 13.9. The van der Waals surface area contributed by atoms with Crippen molar-refractivity contribution in [3.63, 3.8) is 0 Å². The average molecular weight is 264 g/mol. The van der Waals surface area contributed by atoms with Crippen LogP contribution in [-0.2, 0) is 9.53 Å². The fourth-order valence-electron chi connectivity index (χ4n) is 1.61. The molecule has 6 heteroatoms. The van der Waals surface area contributed by atoms with E-state index >= 15 is 0 Å². The number of halogens is 4. The summed E-state index contributed by atoms with van der Waals surface area (Å²) in [5.41, 5.74) is 0.0769. The van der Waals surface area contributed by atoms with Crippen LogP contribution in [0.15, 0.2) is 24.3 Å². The van der Waals surface area contributed by atoms with Crippen LogP contribution in [0.3, 0.4) is 0 Å². The fourth-order valence-corrected chi connectivity index (χ4v) is 1.61. The molecule has 0 radical (unpaired) electrons. The van der Waals surface area contributed by atoms with E-state index in [4.69, 9.17) is 0 Å². The molecule has 0 spiro atoms. The number of carbonyl (C=O) groups is 1. The molecule has 0 aliphatic carbocycles. The maximum Gasteiger partial charge on any atom is 0.392 e. The van der Waals surface area contributed by atoms with E-state index in [0.29, 0.717) is 0 Å². The molecule has 1 rings (SSSR count). The lowest BCUT2D eigenvalue weighted by molar-refractivity contribution is -0.184. The Morgan fingerprint density at radius 1 is 1.22 bits per heavy atom. The summed E-state index contributed by atoms with van der Waals surface area (Å²) in [6.45, 7) is 0.894. The van der Waals surface area contributed by atoms with Gasteiger partial charge in [0.2, 0.25) is 0 Å². The molecule has 1 aromatic rings. The zero-order valence-electron chi connectivity index (χ0n) is 9.79. The SMILES string of the molecule is COC(=O)C(c1ccc(F)cc1)C(C)C(F)(F)F. The molecule has 2 atom stereocenters. The first kappa shape index (κ1) is 14.5. The van der Waals surface area contributed by atoms with Gasteiger partial charge in [0.1, 0.15) is 5.82 Å². The topological polar surface area (TPSA) is 26.3 Å². The highest BCUT2D eigenvalue weighted by molar-refractivity contribution is 5.78. The molecule has 2 unspecified atom stereocenters. The third kappa shape index (κ3) is 3.21. The van der Waals surface area contributed by atoms with Gasteiger partial charge < -0.3 is 4.74 Å². The second kappa shape index (κ2) is 5.37. The predicted molar refractivity (Wildman–Crippen MR) is 56.4 cm³/mol. The van der Waals surface area contributed by atoms with Gasteiger partial charge in [-0.25, -0.2) is 4.39 Å². The third-order valence-corrected chi connectivity index (χ3v) is 2.70. The molecule has 1 aromatic carbocycles. The van der Waals surface area contributed by atoms with Crippen molar-refractivity contribution in [3.05, 3.63) is 35.6 Å². The molecule has 18 heavy (non-hydrogen) atoms. The van der Waals surface area contributed by atoms with Crippen LogP contribution in [0, 0.1) is 11.7 Å². The van der Waals surface area contributed by atoms with Crippen LogP contribution >= 0.6 is 0 Å². The number of ether oxygens (including phenoxy) is 1. The van der Waals surface area contributed by atoms with Gasteiger partial charge in [0.25, 0.3) is 0 Å². The minimum absolute atomic E-state index is 0.0769. The van der Waals surface area contributed by atoms with Crippen LogP contribution in [0.2, 0.25) is 0 Å². The Kier molecular flexibility index (Phi) is 4.32. The molecule has 0 bridgehead atoms. The third-order valence-electron chi connectivity index (χ3n) is 2.70. The smallest absolute Gasteiger partial charge is 0.392 e. The molecular weight excluding hydrogens is 252 g/mol. The Morgan fingerprint density at radius 3 is 2.11 bits per heavy atom. The number of hydrogen-bond donors (Lipinski definition) is 0. The van der Waals surface area contributed by atoms with Gasteiger partial charge >= 0.3 is 12.1 Å². The number of carbonyl (C=O) groups excluding carboxylic acids is 1. The van der Waals surface area contributed by atoms with Crippen molar-refractivity contribution in [3.8, 4) is 0 Å². The maximum atomic E-state index is 12.7. The molecule has 0 aliphatic heterocycles. The Hall–Kier alpha value is -1.59. The minimum atomic E-state index is -4.53. The first-order valence-corrected chi connectivity index (χ1v) is 5.17. The summed E-state index contributed by atoms with van der Waals surface area (Å²) in [5.74, 6) is -4.97. The van der Waals surface area contributed by atoms with Crippen LogP contribution in [0.4, 0.5) is 17.6 Å². The maximum absolute atomic E-state index is 12.7. The van der Waals surface area contributed by atoms with Crippen LogP contribution in [0.25, 0.3) is 0 Å². The predicted octanol–water partition coefficient (Wildman–Crippen LogP) is 3.28. The van der Waals surface area contributed by atoms with Crippen molar-refractivity contribution in [2.45, 2.75) is 19.0 Å². The molecule has 100 valence electrons. The number of esters is 1.